The van der Waals surface area contributed by atoms with E-state index >= 15 is 0 Å². The fourth-order valence-electron chi connectivity index (χ4n) is 2.20. The third-order valence-corrected chi connectivity index (χ3v) is 3.35. The first kappa shape index (κ1) is 19.8. The summed E-state index contributed by atoms with van der Waals surface area (Å²) in [6, 6.07) is 8.60. The first-order valence-electron chi connectivity index (χ1n) is 8.43. The minimum Gasteiger partial charge on any atom is -0.444 e. The van der Waals surface area contributed by atoms with E-state index in [1.807, 2.05) is 30.3 Å². The lowest BCUT2D eigenvalue weighted by Gasteiger charge is -2.25. The lowest BCUT2D eigenvalue weighted by Crippen LogP contribution is -2.48. The maximum absolute atomic E-state index is 14.7. The Balaban J connectivity index is 1.91. The van der Waals surface area contributed by atoms with Crippen molar-refractivity contribution in [3.63, 3.8) is 0 Å². The molecule has 1 N–H and O–H groups in total. The molecule has 1 heterocycles. The molecule has 8 heteroatoms. The van der Waals surface area contributed by atoms with Gasteiger partial charge in [-0.3, -0.25) is 0 Å². The topological polar surface area (TPSA) is 78.3 Å². The molecule has 142 valence electrons. The minimum absolute atomic E-state index is 0.0715. The number of halogens is 1. The average Bonchev–Trinajstić information content (AvgIpc) is 3.06. The van der Waals surface area contributed by atoms with Crippen LogP contribution in [-0.2, 0) is 22.6 Å². The number of ether oxygens (including phenoxy) is 2. The molecule has 1 aromatic carbocycles. The van der Waals surface area contributed by atoms with Crippen LogP contribution in [0, 0.1) is 0 Å². The summed E-state index contributed by atoms with van der Waals surface area (Å²) in [5, 5.41) is 10.5. The zero-order chi connectivity index (χ0) is 19.0. The second kappa shape index (κ2) is 9.28. The fraction of sp³-hybridized carbons (Fsp3) is 0.500. The molecule has 7 nitrogen and oxygen atoms in total. The van der Waals surface area contributed by atoms with E-state index in [1.165, 1.54) is 17.2 Å². The van der Waals surface area contributed by atoms with Crippen molar-refractivity contribution in [2.24, 2.45) is 0 Å². The number of carbonyl (C=O) groups is 1. The Morgan fingerprint density at radius 1 is 1.23 bits per heavy atom. The third-order valence-electron chi connectivity index (χ3n) is 3.35. The minimum atomic E-state index is -1.45. The van der Waals surface area contributed by atoms with Gasteiger partial charge < -0.3 is 14.8 Å². The van der Waals surface area contributed by atoms with Crippen LogP contribution in [0.2, 0.25) is 0 Å². The van der Waals surface area contributed by atoms with Crippen LogP contribution in [0.4, 0.5) is 9.18 Å². The van der Waals surface area contributed by atoms with Crippen LogP contribution in [0.1, 0.15) is 26.3 Å². The van der Waals surface area contributed by atoms with Crippen molar-refractivity contribution in [1.82, 2.24) is 20.3 Å². The van der Waals surface area contributed by atoms with Crippen molar-refractivity contribution < 1.29 is 18.7 Å². The molecular formula is C18H25FN4O3. The fourth-order valence-corrected chi connectivity index (χ4v) is 2.20. The summed E-state index contributed by atoms with van der Waals surface area (Å²) in [4.78, 5) is 13.3. The number of nitrogens with zero attached hydrogens (tertiary/aromatic N) is 3. The zero-order valence-electron chi connectivity index (χ0n) is 15.3. The maximum atomic E-state index is 14.7. The van der Waals surface area contributed by atoms with E-state index in [0.29, 0.717) is 6.61 Å². The van der Waals surface area contributed by atoms with Gasteiger partial charge in [-0.2, -0.15) is 15.0 Å². The Bertz CT molecular complexity index is 659. The van der Waals surface area contributed by atoms with E-state index in [2.05, 4.69) is 15.5 Å². The summed E-state index contributed by atoms with van der Waals surface area (Å²) in [5.74, 6) is 0. The normalized spacial score (nSPS) is 13.8. The summed E-state index contributed by atoms with van der Waals surface area (Å²) in [7, 11) is 0. The highest BCUT2D eigenvalue weighted by molar-refractivity contribution is 5.68. The lowest BCUT2D eigenvalue weighted by atomic mass is 10.2. The predicted molar refractivity (Wildman–Crippen MR) is 94.2 cm³/mol. The van der Waals surface area contributed by atoms with E-state index in [9.17, 15) is 9.18 Å². The molecule has 0 radical (unpaired) electrons. The molecule has 2 atom stereocenters. The molecule has 0 aliphatic heterocycles. The number of benzene rings is 1. The van der Waals surface area contributed by atoms with Crippen LogP contribution in [0.3, 0.4) is 0 Å². The molecule has 0 aliphatic carbocycles. The van der Waals surface area contributed by atoms with Gasteiger partial charge in [0.25, 0.3) is 0 Å². The number of aromatic nitrogens is 3. The third kappa shape index (κ3) is 7.18. The second-order valence-electron chi connectivity index (χ2n) is 6.85. The van der Waals surface area contributed by atoms with E-state index in [1.54, 1.807) is 20.8 Å². The standard InChI is InChI=1S/C18H25FN4O3/c1-18(2,3)26-17(24)22-16(11-23-20-9-10-21-23)15(19)13-25-12-14-7-5-4-6-8-14/h4-10,15-16H,11-13H2,1-3H3,(H,22,24)/t15-,16-/m1/s1. The summed E-state index contributed by atoms with van der Waals surface area (Å²) in [5.41, 5.74) is 0.277. The van der Waals surface area contributed by atoms with E-state index in [-0.39, 0.29) is 13.2 Å². The molecule has 0 spiro atoms. The van der Waals surface area contributed by atoms with Crippen molar-refractivity contribution >= 4 is 6.09 Å². The number of hydrogen-bond donors (Lipinski definition) is 1. The lowest BCUT2D eigenvalue weighted by molar-refractivity contribution is 0.0305. The molecule has 0 saturated carbocycles. The molecular weight excluding hydrogens is 339 g/mol. The van der Waals surface area contributed by atoms with Crippen LogP contribution in [0.25, 0.3) is 0 Å². The van der Waals surface area contributed by atoms with Crippen LogP contribution in [0.15, 0.2) is 42.7 Å². The first-order chi connectivity index (χ1) is 12.3. The monoisotopic (exact) mass is 364 g/mol. The number of alkyl carbamates (subject to hydrolysis) is 1. The van der Waals surface area contributed by atoms with Gasteiger partial charge in [-0.1, -0.05) is 30.3 Å². The molecule has 0 unspecified atom stereocenters. The van der Waals surface area contributed by atoms with Gasteiger partial charge in [0.05, 0.1) is 38.2 Å². The number of nitrogens with one attached hydrogen (secondary N) is 1. The van der Waals surface area contributed by atoms with Crippen LogP contribution in [-0.4, -0.2) is 45.5 Å². The van der Waals surface area contributed by atoms with Gasteiger partial charge in [-0.25, -0.2) is 9.18 Å². The second-order valence-corrected chi connectivity index (χ2v) is 6.85. The Hall–Kier alpha value is -2.48. The smallest absolute Gasteiger partial charge is 0.408 e. The Morgan fingerprint density at radius 2 is 1.88 bits per heavy atom. The predicted octanol–water partition coefficient (Wildman–Crippen LogP) is 2.73. The van der Waals surface area contributed by atoms with Crippen molar-refractivity contribution in [2.75, 3.05) is 6.61 Å². The van der Waals surface area contributed by atoms with Gasteiger partial charge in [0.2, 0.25) is 0 Å². The molecule has 0 fully saturated rings. The molecule has 2 aromatic rings. The molecule has 1 aromatic heterocycles. The molecule has 1 amide bonds. The molecule has 0 bridgehead atoms. The number of rotatable bonds is 8. The van der Waals surface area contributed by atoms with E-state index in [4.69, 9.17) is 9.47 Å². The summed E-state index contributed by atoms with van der Waals surface area (Å²) in [6.07, 6.45) is 0.838. The number of amides is 1. The van der Waals surface area contributed by atoms with Crippen LogP contribution in [0.5, 0.6) is 0 Å². The highest BCUT2D eigenvalue weighted by Crippen LogP contribution is 2.10. The van der Waals surface area contributed by atoms with Crippen LogP contribution < -0.4 is 5.32 Å². The zero-order valence-corrected chi connectivity index (χ0v) is 15.3. The van der Waals surface area contributed by atoms with E-state index < -0.39 is 23.9 Å². The van der Waals surface area contributed by atoms with Gasteiger partial charge in [0.1, 0.15) is 11.8 Å². The highest BCUT2D eigenvalue weighted by atomic mass is 19.1. The van der Waals surface area contributed by atoms with Gasteiger partial charge in [-0.05, 0) is 26.3 Å². The highest BCUT2D eigenvalue weighted by Gasteiger charge is 2.27. The summed E-state index contributed by atoms with van der Waals surface area (Å²) < 4.78 is 25.3. The van der Waals surface area contributed by atoms with Crippen molar-refractivity contribution in [2.45, 2.75) is 51.7 Å². The molecule has 2 rings (SSSR count). The maximum Gasteiger partial charge on any atom is 0.408 e. The molecule has 26 heavy (non-hydrogen) atoms. The molecule has 0 aliphatic rings. The van der Waals surface area contributed by atoms with Gasteiger partial charge >= 0.3 is 6.09 Å². The van der Waals surface area contributed by atoms with Crippen molar-refractivity contribution in [3.05, 3.63) is 48.3 Å². The quantitative estimate of drug-likeness (QED) is 0.779. The van der Waals surface area contributed by atoms with Gasteiger partial charge in [-0.15, -0.1) is 0 Å². The number of alkyl halides is 1. The Labute approximate surface area is 152 Å². The van der Waals surface area contributed by atoms with Crippen LogP contribution >= 0.6 is 0 Å². The largest absolute Gasteiger partial charge is 0.444 e. The van der Waals surface area contributed by atoms with Gasteiger partial charge in [0, 0.05) is 0 Å². The van der Waals surface area contributed by atoms with Gasteiger partial charge in [0.15, 0.2) is 0 Å². The number of hydrogen-bond acceptors (Lipinski definition) is 5. The SMILES string of the molecule is CC(C)(C)OC(=O)N[C@H](Cn1nccn1)[C@H](F)COCc1ccccc1. The summed E-state index contributed by atoms with van der Waals surface area (Å²) >= 11 is 0. The average molecular weight is 364 g/mol. The Morgan fingerprint density at radius 3 is 2.50 bits per heavy atom. The summed E-state index contributed by atoms with van der Waals surface area (Å²) in [6.45, 7) is 5.42. The Kier molecular flexibility index (Phi) is 7.08. The molecule has 0 saturated heterocycles. The first-order valence-corrected chi connectivity index (χ1v) is 8.43. The van der Waals surface area contributed by atoms with E-state index in [0.717, 1.165) is 5.56 Å². The number of carbonyl (C=O) groups excluding carboxylic acids is 1. The van der Waals surface area contributed by atoms with Crippen molar-refractivity contribution in [1.29, 1.82) is 0 Å². The van der Waals surface area contributed by atoms with Crippen molar-refractivity contribution in [3.8, 4) is 0 Å².